The standard InChI is InChI=1S/C36H62O/c1-3-5-9-29-12-14-30(15-13-29)10-7-8-11-31-16-18-32(19-17-31)33-20-22-34(23-21-33)35-24-26-36(27-25-35)37-28-6-4-2/h3,7,10,29-36H,1,4-6,8-9,11-28H2,2H3/b10-7+. The SMILES string of the molecule is C=CCCC1CCC(/C=C/CCC2CCC(C3CCC(C4CCC(OCCCC)CC4)CC3)CC2)CC1. The van der Waals surface area contributed by atoms with Gasteiger partial charge in [-0.2, -0.15) is 0 Å². The highest BCUT2D eigenvalue weighted by Crippen LogP contribution is 2.46. The molecule has 0 heterocycles. The Morgan fingerprint density at radius 2 is 1.11 bits per heavy atom. The van der Waals surface area contributed by atoms with Crippen molar-refractivity contribution < 1.29 is 4.74 Å². The monoisotopic (exact) mass is 510 g/mol. The molecule has 4 saturated carbocycles. The minimum absolute atomic E-state index is 0.581. The van der Waals surface area contributed by atoms with E-state index in [1.54, 1.807) is 25.7 Å². The van der Waals surface area contributed by atoms with E-state index in [9.17, 15) is 0 Å². The van der Waals surface area contributed by atoms with Gasteiger partial charge in [0.1, 0.15) is 0 Å². The van der Waals surface area contributed by atoms with Gasteiger partial charge in [0.25, 0.3) is 0 Å². The lowest BCUT2D eigenvalue weighted by molar-refractivity contribution is 0.00426. The van der Waals surface area contributed by atoms with E-state index in [-0.39, 0.29) is 0 Å². The molecule has 0 aromatic heterocycles. The number of hydrogen-bond acceptors (Lipinski definition) is 1. The van der Waals surface area contributed by atoms with Crippen LogP contribution in [0.15, 0.2) is 24.8 Å². The summed E-state index contributed by atoms with van der Waals surface area (Å²) in [5.41, 5.74) is 0. The van der Waals surface area contributed by atoms with Gasteiger partial charge in [0.15, 0.2) is 0 Å². The maximum atomic E-state index is 6.13. The number of unbranched alkanes of at least 4 members (excludes halogenated alkanes) is 1. The van der Waals surface area contributed by atoms with Crippen LogP contribution < -0.4 is 0 Å². The summed E-state index contributed by atoms with van der Waals surface area (Å²) in [5.74, 6) is 7.05. The first kappa shape index (κ1) is 29.4. The first-order chi connectivity index (χ1) is 18.2. The van der Waals surface area contributed by atoms with Crippen LogP contribution in [-0.2, 0) is 4.74 Å². The van der Waals surface area contributed by atoms with Gasteiger partial charge in [0.2, 0.25) is 0 Å². The molecule has 0 aromatic carbocycles. The Kier molecular flexibility index (Phi) is 13.1. The van der Waals surface area contributed by atoms with Crippen molar-refractivity contribution in [3.8, 4) is 0 Å². The molecule has 4 aliphatic carbocycles. The van der Waals surface area contributed by atoms with Gasteiger partial charge in [-0.25, -0.2) is 0 Å². The van der Waals surface area contributed by atoms with Crippen LogP contribution in [0.1, 0.15) is 148 Å². The first-order valence-corrected chi connectivity index (χ1v) is 17.1. The fraction of sp³-hybridized carbons (Fsp3) is 0.889. The van der Waals surface area contributed by atoms with Crippen LogP contribution in [0, 0.1) is 41.4 Å². The second kappa shape index (κ2) is 16.5. The van der Waals surface area contributed by atoms with E-state index in [1.807, 2.05) is 0 Å². The Morgan fingerprint density at radius 1 is 0.622 bits per heavy atom. The van der Waals surface area contributed by atoms with Crippen molar-refractivity contribution >= 4 is 0 Å². The van der Waals surface area contributed by atoms with Gasteiger partial charge in [-0.3, -0.25) is 0 Å². The predicted octanol–water partition coefficient (Wildman–Crippen LogP) is 11.1. The maximum Gasteiger partial charge on any atom is 0.0575 e. The normalized spacial score (nSPS) is 37.5. The maximum absolute atomic E-state index is 6.13. The molecule has 0 unspecified atom stereocenters. The van der Waals surface area contributed by atoms with E-state index < -0.39 is 0 Å². The van der Waals surface area contributed by atoms with E-state index in [1.165, 1.54) is 116 Å². The Balaban J connectivity index is 1.04. The van der Waals surface area contributed by atoms with Crippen molar-refractivity contribution in [3.05, 3.63) is 24.8 Å². The fourth-order valence-corrected chi connectivity index (χ4v) is 8.80. The van der Waals surface area contributed by atoms with Gasteiger partial charge in [-0.15, -0.1) is 6.58 Å². The molecule has 212 valence electrons. The predicted molar refractivity (Wildman–Crippen MR) is 161 cm³/mol. The second-order valence-electron chi connectivity index (χ2n) is 13.9. The lowest BCUT2D eigenvalue weighted by atomic mass is 9.65. The number of allylic oxidation sites excluding steroid dienone is 3. The Morgan fingerprint density at radius 3 is 1.65 bits per heavy atom. The molecule has 0 N–H and O–H groups in total. The summed E-state index contributed by atoms with van der Waals surface area (Å²) in [6, 6.07) is 0. The molecule has 0 bridgehead atoms. The minimum Gasteiger partial charge on any atom is -0.378 e. The Hall–Kier alpha value is -0.560. The molecule has 0 aromatic rings. The Labute approximate surface area is 231 Å². The lowest BCUT2D eigenvalue weighted by Gasteiger charge is -2.41. The summed E-state index contributed by atoms with van der Waals surface area (Å²) in [4.78, 5) is 0. The van der Waals surface area contributed by atoms with Gasteiger partial charge in [-0.05, 0) is 163 Å². The minimum atomic E-state index is 0.581. The molecule has 0 atom stereocenters. The van der Waals surface area contributed by atoms with Gasteiger partial charge in [0, 0.05) is 6.61 Å². The molecule has 4 aliphatic rings. The number of rotatable bonds is 13. The molecule has 4 rings (SSSR count). The second-order valence-corrected chi connectivity index (χ2v) is 13.9. The summed E-state index contributed by atoms with van der Waals surface area (Å²) in [5, 5.41) is 0. The van der Waals surface area contributed by atoms with Crippen molar-refractivity contribution in [1.29, 1.82) is 0 Å². The third kappa shape index (κ3) is 9.85. The molecule has 1 heteroatoms. The molecule has 0 amide bonds. The van der Waals surface area contributed by atoms with Crippen molar-refractivity contribution in [2.45, 2.75) is 154 Å². The van der Waals surface area contributed by atoms with Crippen molar-refractivity contribution in [2.75, 3.05) is 6.61 Å². The molecule has 0 aliphatic heterocycles. The van der Waals surface area contributed by atoms with Crippen LogP contribution in [-0.4, -0.2) is 12.7 Å². The third-order valence-corrected chi connectivity index (χ3v) is 11.4. The van der Waals surface area contributed by atoms with Crippen LogP contribution in [0.3, 0.4) is 0 Å². The summed E-state index contributed by atoms with van der Waals surface area (Å²) in [6.07, 6.45) is 39.3. The smallest absolute Gasteiger partial charge is 0.0575 e. The molecule has 0 radical (unpaired) electrons. The van der Waals surface area contributed by atoms with E-state index in [2.05, 4.69) is 31.7 Å². The molecule has 1 nitrogen and oxygen atoms in total. The van der Waals surface area contributed by atoms with Crippen molar-refractivity contribution in [1.82, 2.24) is 0 Å². The topological polar surface area (TPSA) is 9.23 Å². The summed E-state index contributed by atoms with van der Waals surface area (Å²) >= 11 is 0. The summed E-state index contributed by atoms with van der Waals surface area (Å²) < 4.78 is 6.13. The van der Waals surface area contributed by atoms with Crippen molar-refractivity contribution in [2.24, 2.45) is 41.4 Å². The van der Waals surface area contributed by atoms with Crippen LogP contribution in [0.25, 0.3) is 0 Å². The molecule has 0 saturated heterocycles. The summed E-state index contributed by atoms with van der Waals surface area (Å²) in [7, 11) is 0. The zero-order chi connectivity index (χ0) is 25.7. The van der Waals surface area contributed by atoms with Crippen LogP contribution in [0.4, 0.5) is 0 Å². The average Bonchev–Trinajstić information content (AvgIpc) is 2.96. The van der Waals surface area contributed by atoms with Gasteiger partial charge in [-0.1, -0.05) is 44.4 Å². The zero-order valence-electron chi connectivity index (χ0n) is 24.7. The Bertz CT molecular complexity index is 619. The van der Waals surface area contributed by atoms with Gasteiger partial charge < -0.3 is 4.74 Å². The molecule has 0 spiro atoms. The van der Waals surface area contributed by atoms with Crippen molar-refractivity contribution in [3.63, 3.8) is 0 Å². The highest BCUT2D eigenvalue weighted by Gasteiger charge is 2.34. The average molecular weight is 511 g/mol. The van der Waals surface area contributed by atoms with Crippen LogP contribution >= 0.6 is 0 Å². The van der Waals surface area contributed by atoms with E-state index in [4.69, 9.17) is 4.74 Å². The quantitative estimate of drug-likeness (QED) is 0.177. The third-order valence-electron chi connectivity index (χ3n) is 11.4. The molecule has 4 fully saturated rings. The highest BCUT2D eigenvalue weighted by atomic mass is 16.5. The lowest BCUT2D eigenvalue weighted by Crippen LogP contribution is -2.31. The fourth-order valence-electron chi connectivity index (χ4n) is 8.80. The zero-order valence-corrected chi connectivity index (χ0v) is 24.7. The van der Waals surface area contributed by atoms with Crippen LogP contribution in [0.5, 0.6) is 0 Å². The van der Waals surface area contributed by atoms with Gasteiger partial charge >= 0.3 is 0 Å². The van der Waals surface area contributed by atoms with Crippen LogP contribution in [0.2, 0.25) is 0 Å². The first-order valence-electron chi connectivity index (χ1n) is 17.1. The molecular weight excluding hydrogens is 448 g/mol. The van der Waals surface area contributed by atoms with E-state index in [0.717, 1.165) is 48.0 Å². The number of ether oxygens (including phenoxy) is 1. The molecule has 37 heavy (non-hydrogen) atoms. The largest absolute Gasteiger partial charge is 0.378 e. The van der Waals surface area contributed by atoms with Gasteiger partial charge in [0.05, 0.1) is 6.10 Å². The summed E-state index contributed by atoms with van der Waals surface area (Å²) in [6.45, 7) is 7.15. The number of hydrogen-bond donors (Lipinski definition) is 0. The molecular formula is C36H62O. The van der Waals surface area contributed by atoms with E-state index >= 15 is 0 Å². The highest BCUT2D eigenvalue weighted by molar-refractivity contribution is 4.92. The van der Waals surface area contributed by atoms with E-state index in [0.29, 0.717) is 6.10 Å².